The third kappa shape index (κ3) is 2.99. The van der Waals surface area contributed by atoms with Crippen LogP contribution in [0.5, 0.6) is 11.5 Å². The van der Waals surface area contributed by atoms with E-state index >= 15 is 0 Å². The molecule has 5 heteroatoms. The van der Waals surface area contributed by atoms with Crippen LogP contribution in [0.25, 0.3) is 5.76 Å². The third-order valence-corrected chi connectivity index (χ3v) is 2.62. The molecule has 0 fully saturated rings. The normalized spacial score (nSPS) is 10.1. The van der Waals surface area contributed by atoms with Crippen molar-refractivity contribution in [2.75, 3.05) is 13.2 Å². The fourth-order valence-electron chi connectivity index (χ4n) is 1.72. The number of phenols is 2. The molecule has 0 spiro atoms. The first-order valence-corrected chi connectivity index (χ1v) is 5.98. The monoisotopic (exact) mass is 266 g/mol. The van der Waals surface area contributed by atoms with Gasteiger partial charge < -0.3 is 19.7 Å². The lowest BCUT2D eigenvalue weighted by Crippen LogP contribution is -2.08. The van der Waals surface area contributed by atoms with Gasteiger partial charge in [0.05, 0.1) is 18.8 Å². The van der Waals surface area contributed by atoms with Gasteiger partial charge in [0.15, 0.2) is 0 Å². The van der Waals surface area contributed by atoms with Crippen LogP contribution < -0.4 is 0 Å². The first-order chi connectivity index (χ1) is 8.93. The third-order valence-electron chi connectivity index (χ3n) is 2.62. The van der Waals surface area contributed by atoms with Crippen LogP contribution >= 0.6 is 0 Å². The van der Waals surface area contributed by atoms with Crippen molar-refractivity contribution < 1.29 is 24.5 Å². The molecule has 0 atom stereocenters. The summed E-state index contributed by atoms with van der Waals surface area (Å²) in [5, 5.41) is 20.0. The molecule has 0 aliphatic rings. The molecule has 0 radical (unpaired) electrons. The number of esters is 1. The van der Waals surface area contributed by atoms with Crippen molar-refractivity contribution in [1.82, 2.24) is 0 Å². The second-order valence-electron chi connectivity index (χ2n) is 3.87. The minimum absolute atomic E-state index is 0.0487. The average Bonchev–Trinajstić information content (AvgIpc) is 2.34. The van der Waals surface area contributed by atoms with Crippen molar-refractivity contribution in [3.8, 4) is 11.5 Å². The Morgan fingerprint density at radius 2 is 1.84 bits per heavy atom. The van der Waals surface area contributed by atoms with Gasteiger partial charge in [0.2, 0.25) is 0 Å². The van der Waals surface area contributed by atoms with Gasteiger partial charge >= 0.3 is 5.97 Å². The van der Waals surface area contributed by atoms with E-state index in [4.69, 9.17) is 9.47 Å². The molecule has 5 nitrogen and oxygen atoms in total. The summed E-state index contributed by atoms with van der Waals surface area (Å²) in [6.07, 6.45) is 0. The molecule has 1 aromatic carbocycles. The highest BCUT2D eigenvalue weighted by Crippen LogP contribution is 2.36. The maximum absolute atomic E-state index is 11.7. The van der Waals surface area contributed by atoms with Gasteiger partial charge in [-0.15, -0.1) is 0 Å². The molecule has 1 aromatic rings. The second kappa shape index (κ2) is 6.13. The number of ether oxygens (including phenoxy) is 2. The molecule has 104 valence electrons. The molecule has 0 saturated heterocycles. The van der Waals surface area contributed by atoms with E-state index in [9.17, 15) is 15.0 Å². The average molecular weight is 266 g/mol. The highest BCUT2D eigenvalue weighted by atomic mass is 16.5. The van der Waals surface area contributed by atoms with Gasteiger partial charge in [-0.1, -0.05) is 6.58 Å². The van der Waals surface area contributed by atoms with Crippen LogP contribution in [-0.2, 0) is 9.47 Å². The molecular weight excluding hydrogens is 248 g/mol. The maximum Gasteiger partial charge on any atom is 0.342 e. The highest BCUT2D eigenvalue weighted by molar-refractivity contribution is 5.96. The molecule has 0 unspecified atom stereocenters. The van der Waals surface area contributed by atoms with Crippen molar-refractivity contribution in [1.29, 1.82) is 0 Å². The predicted octanol–water partition coefficient (Wildman–Crippen LogP) is 2.59. The Morgan fingerprint density at radius 1 is 1.26 bits per heavy atom. The van der Waals surface area contributed by atoms with Gasteiger partial charge in [-0.2, -0.15) is 0 Å². The van der Waals surface area contributed by atoms with Crippen molar-refractivity contribution in [2.24, 2.45) is 0 Å². The Hall–Kier alpha value is -2.17. The van der Waals surface area contributed by atoms with E-state index in [-0.39, 0.29) is 40.6 Å². The van der Waals surface area contributed by atoms with Crippen LogP contribution in [0.15, 0.2) is 12.6 Å². The Labute approximate surface area is 112 Å². The number of carbonyl (C=O) groups excluding carboxylic acids is 1. The number of phenolic OH excluding ortho intramolecular Hbond substituents is 2. The van der Waals surface area contributed by atoms with E-state index in [1.54, 1.807) is 13.8 Å². The zero-order chi connectivity index (χ0) is 14.6. The Balaban J connectivity index is 3.31. The molecule has 0 amide bonds. The van der Waals surface area contributed by atoms with Crippen molar-refractivity contribution >= 4 is 11.7 Å². The molecule has 0 saturated carbocycles. The zero-order valence-corrected chi connectivity index (χ0v) is 11.3. The summed E-state index contributed by atoms with van der Waals surface area (Å²) in [6, 6.07) is 1.24. The van der Waals surface area contributed by atoms with E-state index in [0.29, 0.717) is 6.61 Å². The molecule has 0 aromatic heterocycles. The van der Waals surface area contributed by atoms with Crippen LogP contribution in [0.4, 0.5) is 0 Å². The van der Waals surface area contributed by atoms with E-state index in [2.05, 4.69) is 6.58 Å². The summed E-state index contributed by atoms with van der Waals surface area (Å²) in [4.78, 5) is 11.7. The SMILES string of the molecule is C=C(OCC)c1cc(O)c(C(=O)OCC)c(C)c1O. The molecule has 0 aliphatic heterocycles. The van der Waals surface area contributed by atoms with Crippen LogP contribution in [0.1, 0.15) is 35.3 Å². The molecular formula is C14H18O5. The minimum Gasteiger partial charge on any atom is -0.507 e. The number of hydrogen-bond acceptors (Lipinski definition) is 5. The van der Waals surface area contributed by atoms with Crippen LogP contribution in [0.2, 0.25) is 0 Å². The summed E-state index contributed by atoms with van der Waals surface area (Å²) in [5.74, 6) is -0.876. The maximum atomic E-state index is 11.7. The number of benzene rings is 1. The summed E-state index contributed by atoms with van der Waals surface area (Å²) in [7, 11) is 0. The fourth-order valence-corrected chi connectivity index (χ4v) is 1.72. The number of rotatable bonds is 5. The Kier molecular flexibility index (Phi) is 4.80. The lowest BCUT2D eigenvalue weighted by Gasteiger charge is -2.15. The first-order valence-electron chi connectivity index (χ1n) is 5.98. The van der Waals surface area contributed by atoms with E-state index in [1.807, 2.05) is 0 Å². The lowest BCUT2D eigenvalue weighted by molar-refractivity contribution is 0.0521. The molecule has 0 aliphatic carbocycles. The number of hydrogen-bond donors (Lipinski definition) is 2. The lowest BCUT2D eigenvalue weighted by atomic mass is 10.0. The Bertz CT molecular complexity index is 505. The smallest absolute Gasteiger partial charge is 0.342 e. The summed E-state index contributed by atoms with van der Waals surface area (Å²) >= 11 is 0. The van der Waals surface area contributed by atoms with Crippen molar-refractivity contribution in [3.63, 3.8) is 0 Å². The quantitative estimate of drug-likeness (QED) is 0.486. The van der Waals surface area contributed by atoms with Crippen molar-refractivity contribution in [2.45, 2.75) is 20.8 Å². The molecule has 19 heavy (non-hydrogen) atoms. The van der Waals surface area contributed by atoms with Gasteiger partial charge in [-0.05, 0) is 26.8 Å². The van der Waals surface area contributed by atoms with Gasteiger partial charge in [-0.3, -0.25) is 0 Å². The summed E-state index contributed by atoms with van der Waals surface area (Å²) < 4.78 is 10.0. The van der Waals surface area contributed by atoms with Crippen LogP contribution in [0, 0.1) is 6.92 Å². The van der Waals surface area contributed by atoms with E-state index in [1.165, 1.54) is 13.0 Å². The molecule has 2 N–H and O–H groups in total. The molecule has 1 rings (SSSR count). The predicted molar refractivity (Wildman–Crippen MR) is 71.1 cm³/mol. The topological polar surface area (TPSA) is 76.0 Å². The summed E-state index contributed by atoms with van der Waals surface area (Å²) in [5.41, 5.74) is 0.437. The van der Waals surface area contributed by atoms with Crippen molar-refractivity contribution in [3.05, 3.63) is 29.3 Å². The standard InChI is InChI=1S/C14H18O5/c1-5-18-9(4)10-7-11(15)12(8(3)13(10)16)14(17)19-6-2/h7,15-16H,4-6H2,1-3H3. The van der Waals surface area contributed by atoms with E-state index in [0.717, 1.165) is 0 Å². The second-order valence-corrected chi connectivity index (χ2v) is 3.87. The molecule has 0 heterocycles. The van der Waals surface area contributed by atoms with Crippen LogP contribution in [-0.4, -0.2) is 29.4 Å². The molecule has 0 bridgehead atoms. The van der Waals surface area contributed by atoms with Gasteiger partial charge in [0, 0.05) is 5.56 Å². The minimum atomic E-state index is -0.679. The summed E-state index contributed by atoms with van der Waals surface area (Å²) in [6.45, 7) is 9.19. The first kappa shape index (κ1) is 14.9. The zero-order valence-electron chi connectivity index (χ0n) is 11.3. The number of carbonyl (C=O) groups is 1. The van der Waals surface area contributed by atoms with Gasteiger partial charge in [0.25, 0.3) is 0 Å². The van der Waals surface area contributed by atoms with Gasteiger partial charge in [-0.25, -0.2) is 4.79 Å². The largest absolute Gasteiger partial charge is 0.507 e. The highest BCUT2D eigenvalue weighted by Gasteiger charge is 2.22. The van der Waals surface area contributed by atoms with Crippen LogP contribution in [0.3, 0.4) is 0 Å². The fraction of sp³-hybridized carbons (Fsp3) is 0.357. The van der Waals surface area contributed by atoms with E-state index < -0.39 is 5.97 Å². The Morgan fingerprint density at radius 3 is 2.37 bits per heavy atom. The van der Waals surface area contributed by atoms with Gasteiger partial charge in [0.1, 0.15) is 22.8 Å². The number of aromatic hydroxyl groups is 2.